The molecule has 0 heterocycles. The number of allylic oxidation sites excluding steroid dienone is 26. The van der Waals surface area contributed by atoms with Crippen molar-refractivity contribution >= 4 is 11.9 Å². The molecule has 0 aliphatic rings. The van der Waals surface area contributed by atoms with Crippen molar-refractivity contribution < 1.29 is 24.2 Å². The number of ether oxygens (including phenoxy) is 2. The van der Waals surface area contributed by atoms with Gasteiger partial charge in [-0.2, -0.15) is 0 Å². The van der Waals surface area contributed by atoms with Gasteiger partial charge in [0.15, 0.2) is 6.10 Å². The van der Waals surface area contributed by atoms with Gasteiger partial charge >= 0.3 is 11.9 Å². The summed E-state index contributed by atoms with van der Waals surface area (Å²) in [7, 11) is 0. The summed E-state index contributed by atoms with van der Waals surface area (Å²) >= 11 is 0. The average molecular weight is 907 g/mol. The second-order valence-corrected chi connectivity index (χ2v) is 16.5. The summed E-state index contributed by atoms with van der Waals surface area (Å²) in [6, 6.07) is 0. The topological polar surface area (TPSA) is 72.8 Å². The van der Waals surface area contributed by atoms with Crippen molar-refractivity contribution in [2.45, 2.75) is 200 Å². The molecule has 0 amide bonds. The summed E-state index contributed by atoms with van der Waals surface area (Å²) in [5.41, 5.74) is 0. The Labute approximate surface area is 405 Å². The average Bonchev–Trinajstić information content (AvgIpc) is 3.32. The molecular weight excluding hydrogens is 813 g/mol. The molecular formula is C61H94O5. The molecule has 0 rings (SSSR count). The van der Waals surface area contributed by atoms with E-state index in [1.807, 2.05) is 0 Å². The fourth-order valence-corrected chi connectivity index (χ4v) is 6.40. The second-order valence-electron chi connectivity index (χ2n) is 16.5. The predicted octanol–water partition coefficient (Wildman–Crippen LogP) is 17.6. The van der Waals surface area contributed by atoms with Gasteiger partial charge in [-0.15, -0.1) is 0 Å². The number of rotatable bonds is 45. The molecule has 0 aliphatic heterocycles. The van der Waals surface area contributed by atoms with E-state index in [0.29, 0.717) is 12.8 Å². The normalized spacial score (nSPS) is 13.6. The Balaban J connectivity index is 3.70. The standard InChI is InChI=1S/C61H94O5/c1-3-5-7-9-11-13-15-16-17-18-19-20-21-22-23-24-25-26-27-28-29-30-31-32-33-34-35-36-37-38-39-40-41-42-43-44-46-48-50-52-54-56-61(64)66-59(57-62)58-65-60(63)55-53-51-49-47-45-14-12-10-8-6-4-2/h5,7,10-13,16-17,19-20,22-23,25-26,28-29,31-32,34-35,37-38,40-41,43-44,59,62H,3-4,6,8-9,14-15,18,21,24,27,30,33,36,39,42,45-58H2,1-2H3/b7-5-,12-10-,13-11-,17-16-,20-19-,23-22-,26-25-,29-28-,32-31-,35-34-,38-37-,41-40-,44-43-. The van der Waals surface area contributed by atoms with E-state index >= 15 is 0 Å². The van der Waals surface area contributed by atoms with Crippen molar-refractivity contribution in [2.75, 3.05) is 13.2 Å². The third kappa shape index (κ3) is 52.1. The minimum absolute atomic E-state index is 0.0902. The van der Waals surface area contributed by atoms with E-state index in [-0.39, 0.29) is 25.2 Å². The quantitative estimate of drug-likeness (QED) is 0.0374. The van der Waals surface area contributed by atoms with Gasteiger partial charge in [0.2, 0.25) is 0 Å². The SMILES string of the molecule is CC/C=C\C/C=C\C/C=C\C/C=C\C/C=C\C/C=C\C/C=C\C/C=C\C/C=C\C/C=C\C/C=C\C/C=C\CCCCCCC(=O)OC(CO)COC(=O)CCCCCCC/C=C\CCCC. The fraction of sp³-hybridized carbons (Fsp3) is 0.541. The lowest BCUT2D eigenvalue weighted by atomic mass is 10.1. The van der Waals surface area contributed by atoms with E-state index in [1.165, 1.54) is 32.1 Å². The van der Waals surface area contributed by atoms with E-state index < -0.39 is 6.10 Å². The first-order valence-corrected chi connectivity index (χ1v) is 26.0. The molecule has 0 fully saturated rings. The van der Waals surface area contributed by atoms with Crippen LogP contribution in [0.25, 0.3) is 0 Å². The Hall–Kier alpha value is -4.48. The van der Waals surface area contributed by atoms with Gasteiger partial charge in [0.05, 0.1) is 6.61 Å². The molecule has 0 aromatic heterocycles. The highest BCUT2D eigenvalue weighted by Crippen LogP contribution is 2.11. The molecule has 5 heteroatoms. The third-order valence-electron chi connectivity index (χ3n) is 10.3. The van der Waals surface area contributed by atoms with E-state index in [4.69, 9.17) is 9.47 Å². The summed E-state index contributed by atoms with van der Waals surface area (Å²) in [6.45, 7) is 3.93. The second kappa shape index (κ2) is 54.9. The van der Waals surface area contributed by atoms with Crippen LogP contribution < -0.4 is 0 Å². The maximum absolute atomic E-state index is 12.2. The van der Waals surface area contributed by atoms with Crippen LogP contribution in [-0.2, 0) is 19.1 Å². The predicted molar refractivity (Wildman–Crippen MR) is 287 cm³/mol. The number of aliphatic hydroxyl groups excluding tert-OH is 1. The van der Waals surface area contributed by atoms with Crippen molar-refractivity contribution in [1.29, 1.82) is 0 Å². The Morgan fingerprint density at radius 2 is 0.652 bits per heavy atom. The maximum atomic E-state index is 12.2. The maximum Gasteiger partial charge on any atom is 0.306 e. The number of hydrogen-bond donors (Lipinski definition) is 1. The van der Waals surface area contributed by atoms with Gasteiger partial charge in [-0.05, 0) is 122 Å². The van der Waals surface area contributed by atoms with Gasteiger partial charge in [-0.1, -0.05) is 217 Å². The van der Waals surface area contributed by atoms with Crippen molar-refractivity contribution in [3.8, 4) is 0 Å². The molecule has 5 nitrogen and oxygen atoms in total. The van der Waals surface area contributed by atoms with Gasteiger partial charge in [0.25, 0.3) is 0 Å². The zero-order valence-corrected chi connectivity index (χ0v) is 41.9. The number of carbonyl (C=O) groups is 2. The molecule has 0 spiro atoms. The largest absolute Gasteiger partial charge is 0.462 e. The van der Waals surface area contributed by atoms with E-state index in [0.717, 1.165) is 135 Å². The minimum Gasteiger partial charge on any atom is -0.462 e. The van der Waals surface area contributed by atoms with Crippen LogP contribution in [-0.4, -0.2) is 36.4 Å². The number of esters is 2. The first-order chi connectivity index (χ1) is 32.6. The molecule has 0 radical (unpaired) electrons. The summed E-state index contributed by atoms with van der Waals surface area (Å²) in [6.07, 6.45) is 84.9. The van der Waals surface area contributed by atoms with Crippen LogP contribution in [0.5, 0.6) is 0 Å². The molecule has 1 atom stereocenters. The highest BCUT2D eigenvalue weighted by molar-refractivity contribution is 5.70. The van der Waals surface area contributed by atoms with E-state index in [9.17, 15) is 14.7 Å². The van der Waals surface area contributed by atoms with Gasteiger partial charge in [-0.3, -0.25) is 9.59 Å². The Morgan fingerprint density at radius 1 is 0.364 bits per heavy atom. The van der Waals surface area contributed by atoms with Gasteiger partial charge in [-0.25, -0.2) is 0 Å². The molecule has 0 aromatic rings. The molecule has 368 valence electrons. The summed E-state index contributed by atoms with van der Waals surface area (Å²) in [5.74, 6) is -0.646. The van der Waals surface area contributed by atoms with Crippen LogP contribution in [0.1, 0.15) is 194 Å². The van der Waals surface area contributed by atoms with Gasteiger partial charge in [0, 0.05) is 12.8 Å². The smallest absolute Gasteiger partial charge is 0.306 e. The molecule has 1 unspecified atom stereocenters. The number of unbranched alkanes of at least 4 members (excludes halogenated alkanes) is 11. The number of carbonyl (C=O) groups excluding carboxylic acids is 2. The lowest BCUT2D eigenvalue weighted by Gasteiger charge is -2.15. The Bertz CT molecular complexity index is 1490. The van der Waals surface area contributed by atoms with Crippen LogP contribution in [0, 0.1) is 0 Å². The van der Waals surface area contributed by atoms with Crippen molar-refractivity contribution in [2.24, 2.45) is 0 Å². The molecule has 0 saturated carbocycles. The minimum atomic E-state index is -0.799. The van der Waals surface area contributed by atoms with Crippen molar-refractivity contribution in [1.82, 2.24) is 0 Å². The Kier molecular flexibility index (Phi) is 51.1. The third-order valence-corrected chi connectivity index (χ3v) is 10.3. The number of aliphatic hydroxyl groups is 1. The van der Waals surface area contributed by atoms with Crippen LogP contribution in [0.4, 0.5) is 0 Å². The van der Waals surface area contributed by atoms with Gasteiger partial charge < -0.3 is 14.6 Å². The highest BCUT2D eigenvalue weighted by atomic mass is 16.6. The zero-order chi connectivity index (χ0) is 47.7. The molecule has 0 bridgehead atoms. The lowest BCUT2D eigenvalue weighted by Crippen LogP contribution is -2.28. The first kappa shape index (κ1) is 61.5. The molecule has 66 heavy (non-hydrogen) atoms. The van der Waals surface area contributed by atoms with Crippen LogP contribution in [0.2, 0.25) is 0 Å². The molecule has 0 aromatic carbocycles. The zero-order valence-electron chi connectivity index (χ0n) is 41.9. The van der Waals surface area contributed by atoms with E-state index in [2.05, 4.69) is 172 Å². The Morgan fingerprint density at radius 3 is 1.00 bits per heavy atom. The summed E-state index contributed by atoms with van der Waals surface area (Å²) in [5, 5.41) is 9.58. The first-order valence-electron chi connectivity index (χ1n) is 26.0. The molecule has 0 saturated heterocycles. The number of hydrogen-bond acceptors (Lipinski definition) is 5. The van der Waals surface area contributed by atoms with Crippen LogP contribution >= 0.6 is 0 Å². The lowest BCUT2D eigenvalue weighted by molar-refractivity contribution is -0.161. The monoisotopic (exact) mass is 907 g/mol. The van der Waals surface area contributed by atoms with Crippen molar-refractivity contribution in [3.63, 3.8) is 0 Å². The summed E-state index contributed by atoms with van der Waals surface area (Å²) < 4.78 is 10.6. The van der Waals surface area contributed by atoms with E-state index in [1.54, 1.807) is 0 Å². The van der Waals surface area contributed by atoms with Crippen molar-refractivity contribution in [3.05, 3.63) is 158 Å². The van der Waals surface area contributed by atoms with Crippen LogP contribution in [0.15, 0.2) is 158 Å². The summed E-state index contributed by atoms with van der Waals surface area (Å²) in [4.78, 5) is 24.3. The fourth-order valence-electron chi connectivity index (χ4n) is 6.40. The van der Waals surface area contributed by atoms with Gasteiger partial charge in [0.1, 0.15) is 6.61 Å². The van der Waals surface area contributed by atoms with Crippen LogP contribution in [0.3, 0.4) is 0 Å². The highest BCUT2D eigenvalue weighted by Gasteiger charge is 2.16. The molecule has 1 N–H and O–H groups in total. The molecule has 0 aliphatic carbocycles.